The summed E-state index contributed by atoms with van der Waals surface area (Å²) in [5, 5.41) is 3.11. The van der Waals surface area contributed by atoms with Crippen molar-refractivity contribution in [3.8, 4) is 11.8 Å². The minimum atomic E-state index is -0.862. The zero-order valence-electron chi connectivity index (χ0n) is 18.0. The fourth-order valence-corrected chi connectivity index (χ4v) is 4.79. The molecular formula is C25H29N3O3. The molecule has 162 valence electrons. The first kappa shape index (κ1) is 21.2. The van der Waals surface area contributed by atoms with Crippen molar-refractivity contribution in [2.45, 2.75) is 44.7 Å². The molecule has 3 heterocycles. The number of nitrogens with zero attached hydrogens (tertiary/aromatic N) is 2. The van der Waals surface area contributed by atoms with Crippen molar-refractivity contribution in [1.29, 1.82) is 0 Å². The summed E-state index contributed by atoms with van der Waals surface area (Å²) in [5.74, 6) is 6.58. The summed E-state index contributed by atoms with van der Waals surface area (Å²) in [5.41, 5.74) is 0.310. The third-order valence-electron chi connectivity index (χ3n) is 6.51. The quantitative estimate of drug-likeness (QED) is 0.552. The predicted molar refractivity (Wildman–Crippen MR) is 118 cm³/mol. The van der Waals surface area contributed by atoms with E-state index in [2.05, 4.69) is 34.2 Å². The van der Waals surface area contributed by atoms with E-state index >= 15 is 0 Å². The molecule has 0 spiro atoms. The van der Waals surface area contributed by atoms with Gasteiger partial charge in [0.05, 0.1) is 19.4 Å². The molecule has 6 nitrogen and oxygen atoms in total. The molecule has 1 atom stereocenters. The number of rotatable bonds is 7. The summed E-state index contributed by atoms with van der Waals surface area (Å²) in [6.45, 7) is 4.38. The van der Waals surface area contributed by atoms with Crippen LogP contribution in [0.1, 0.15) is 37.5 Å². The van der Waals surface area contributed by atoms with Crippen LogP contribution in [0.3, 0.4) is 0 Å². The highest BCUT2D eigenvalue weighted by molar-refractivity contribution is 6.07. The van der Waals surface area contributed by atoms with E-state index in [0.29, 0.717) is 6.42 Å². The summed E-state index contributed by atoms with van der Waals surface area (Å²) in [7, 11) is 0. The number of benzene rings is 1. The van der Waals surface area contributed by atoms with Crippen LogP contribution in [0.5, 0.6) is 0 Å². The SMILES string of the molecule is CC#CCN1C(=O)N[C@@](CCc2ccccc2)(C2CCN(Cc3ccco3)CC2)C1=O. The summed E-state index contributed by atoms with van der Waals surface area (Å²) < 4.78 is 5.48. The third kappa shape index (κ3) is 4.52. The van der Waals surface area contributed by atoms with Gasteiger partial charge in [-0.15, -0.1) is 5.92 Å². The van der Waals surface area contributed by atoms with Crippen molar-refractivity contribution in [2.24, 2.45) is 5.92 Å². The van der Waals surface area contributed by atoms with Gasteiger partial charge in [0.25, 0.3) is 5.91 Å². The number of piperidine rings is 1. The van der Waals surface area contributed by atoms with Crippen LogP contribution in [0.4, 0.5) is 4.79 Å². The molecule has 2 aliphatic rings. The summed E-state index contributed by atoms with van der Waals surface area (Å²) >= 11 is 0. The van der Waals surface area contributed by atoms with Crippen molar-refractivity contribution in [3.05, 3.63) is 60.1 Å². The number of hydrogen-bond donors (Lipinski definition) is 1. The molecular weight excluding hydrogens is 390 g/mol. The maximum Gasteiger partial charge on any atom is 0.325 e. The van der Waals surface area contributed by atoms with Gasteiger partial charge < -0.3 is 9.73 Å². The van der Waals surface area contributed by atoms with Gasteiger partial charge in [0, 0.05) is 0 Å². The number of carbonyl (C=O) groups is 2. The van der Waals surface area contributed by atoms with E-state index in [0.717, 1.165) is 44.7 Å². The zero-order chi connectivity index (χ0) is 21.7. The van der Waals surface area contributed by atoms with Gasteiger partial charge in [-0.1, -0.05) is 36.3 Å². The standard InChI is InChI=1S/C25H29N3O3/c1-2-3-15-28-23(29)25(26-24(28)30,14-11-20-8-5-4-6-9-20)21-12-16-27(17-13-21)19-22-10-7-18-31-22/h4-10,18,21H,11-17,19H2,1H3,(H,26,30)/t25-/m0/s1. The Hall–Kier alpha value is -3.04. The molecule has 0 aliphatic carbocycles. The normalized spacial score (nSPS) is 22.3. The number of amides is 3. The Morgan fingerprint density at radius 3 is 2.58 bits per heavy atom. The maximum atomic E-state index is 13.5. The first-order valence-corrected chi connectivity index (χ1v) is 10.9. The number of hydrogen-bond acceptors (Lipinski definition) is 4. The molecule has 2 saturated heterocycles. The van der Waals surface area contributed by atoms with Gasteiger partial charge in [-0.25, -0.2) is 4.79 Å². The van der Waals surface area contributed by atoms with E-state index in [1.54, 1.807) is 13.2 Å². The van der Waals surface area contributed by atoms with Crippen LogP contribution < -0.4 is 5.32 Å². The van der Waals surface area contributed by atoms with Crippen LogP contribution >= 0.6 is 0 Å². The Kier molecular flexibility index (Phi) is 6.43. The van der Waals surface area contributed by atoms with Crippen molar-refractivity contribution in [2.75, 3.05) is 19.6 Å². The molecule has 3 amide bonds. The van der Waals surface area contributed by atoms with Crippen LogP contribution in [0.15, 0.2) is 53.1 Å². The average Bonchev–Trinajstić information content (AvgIpc) is 3.39. The molecule has 0 radical (unpaired) electrons. The average molecular weight is 420 g/mol. The van der Waals surface area contributed by atoms with Crippen molar-refractivity contribution in [3.63, 3.8) is 0 Å². The number of furan rings is 1. The van der Waals surface area contributed by atoms with E-state index < -0.39 is 5.54 Å². The smallest absolute Gasteiger partial charge is 0.325 e. The Morgan fingerprint density at radius 1 is 1.13 bits per heavy atom. The molecule has 0 saturated carbocycles. The van der Waals surface area contributed by atoms with Gasteiger partial charge >= 0.3 is 6.03 Å². The number of carbonyl (C=O) groups excluding carboxylic acids is 2. The zero-order valence-corrected chi connectivity index (χ0v) is 18.0. The minimum absolute atomic E-state index is 0.0973. The largest absolute Gasteiger partial charge is 0.468 e. The molecule has 6 heteroatoms. The van der Waals surface area contributed by atoms with Gasteiger partial charge in [0.15, 0.2) is 0 Å². The summed E-state index contributed by atoms with van der Waals surface area (Å²) in [4.78, 5) is 29.9. The van der Waals surface area contributed by atoms with Crippen molar-refractivity contribution >= 4 is 11.9 Å². The molecule has 2 aromatic rings. The Morgan fingerprint density at radius 2 is 1.90 bits per heavy atom. The van der Waals surface area contributed by atoms with Crippen LogP contribution in [-0.2, 0) is 17.8 Å². The molecule has 0 bridgehead atoms. The first-order valence-electron chi connectivity index (χ1n) is 10.9. The van der Waals surface area contributed by atoms with Crippen molar-refractivity contribution in [1.82, 2.24) is 15.1 Å². The highest BCUT2D eigenvalue weighted by atomic mass is 16.3. The Labute approximate surface area is 183 Å². The topological polar surface area (TPSA) is 65.8 Å². The third-order valence-corrected chi connectivity index (χ3v) is 6.51. The Bertz CT molecular complexity index is 953. The first-order chi connectivity index (χ1) is 15.1. The molecule has 2 fully saturated rings. The van der Waals surface area contributed by atoms with E-state index in [1.165, 1.54) is 10.5 Å². The monoisotopic (exact) mass is 419 g/mol. The van der Waals surface area contributed by atoms with Crippen LogP contribution in [0.2, 0.25) is 0 Å². The fourth-order valence-electron chi connectivity index (χ4n) is 4.79. The van der Waals surface area contributed by atoms with Crippen LogP contribution in [0.25, 0.3) is 0 Å². The molecule has 4 rings (SSSR count). The highest BCUT2D eigenvalue weighted by Gasteiger charge is 2.55. The van der Waals surface area contributed by atoms with E-state index in [-0.39, 0.29) is 24.4 Å². The number of aryl methyl sites for hydroxylation is 1. The maximum absolute atomic E-state index is 13.5. The van der Waals surface area contributed by atoms with Gasteiger partial charge in [-0.2, -0.15) is 0 Å². The lowest BCUT2D eigenvalue weighted by Crippen LogP contribution is -2.56. The molecule has 0 unspecified atom stereocenters. The summed E-state index contributed by atoms with van der Waals surface area (Å²) in [6, 6.07) is 13.7. The van der Waals surface area contributed by atoms with Gasteiger partial charge in [0.1, 0.15) is 11.3 Å². The second-order valence-electron chi connectivity index (χ2n) is 8.33. The number of imide groups is 1. The number of nitrogens with one attached hydrogen (secondary N) is 1. The molecule has 31 heavy (non-hydrogen) atoms. The number of likely N-dealkylation sites (tertiary alicyclic amines) is 1. The second kappa shape index (κ2) is 9.40. The molecule has 1 N–H and O–H groups in total. The summed E-state index contributed by atoms with van der Waals surface area (Å²) in [6.07, 6.45) is 4.75. The van der Waals surface area contributed by atoms with E-state index in [9.17, 15) is 9.59 Å². The lowest BCUT2D eigenvalue weighted by atomic mass is 9.74. The van der Waals surface area contributed by atoms with E-state index in [4.69, 9.17) is 4.42 Å². The van der Waals surface area contributed by atoms with Gasteiger partial charge in [-0.3, -0.25) is 14.6 Å². The molecule has 2 aliphatic heterocycles. The molecule has 1 aromatic heterocycles. The Balaban J connectivity index is 1.50. The highest BCUT2D eigenvalue weighted by Crippen LogP contribution is 2.37. The lowest BCUT2D eigenvalue weighted by molar-refractivity contribution is -0.134. The van der Waals surface area contributed by atoms with Crippen LogP contribution in [0, 0.1) is 17.8 Å². The van der Waals surface area contributed by atoms with Gasteiger partial charge in [-0.05, 0) is 69.3 Å². The lowest BCUT2D eigenvalue weighted by Gasteiger charge is -2.40. The van der Waals surface area contributed by atoms with Crippen molar-refractivity contribution < 1.29 is 14.0 Å². The van der Waals surface area contributed by atoms with Crippen LogP contribution in [-0.4, -0.2) is 46.9 Å². The number of urea groups is 1. The van der Waals surface area contributed by atoms with Gasteiger partial charge in [0.2, 0.25) is 0 Å². The van der Waals surface area contributed by atoms with E-state index in [1.807, 2.05) is 30.3 Å². The second-order valence-corrected chi connectivity index (χ2v) is 8.33. The fraction of sp³-hybridized carbons (Fsp3) is 0.440. The predicted octanol–water partition coefficient (Wildman–Crippen LogP) is 3.44. The molecule has 1 aromatic carbocycles. The minimum Gasteiger partial charge on any atom is -0.468 e.